The molecule has 0 unspecified atom stereocenters. The summed E-state index contributed by atoms with van der Waals surface area (Å²) in [5, 5.41) is 7.57. The summed E-state index contributed by atoms with van der Waals surface area (Å²) in [7, 11) is 0. The lowest BCUT2D eigenvalue weighted by molar-refractivity contribution is 0.482. The van der Waals surface area contributed by atoms with Gasteiger partial charge in [0, 0.05) is 34.7 Å². The molecule has 0 radical (unpaired) electrons. The van der Waals surface area contributed by atoms with Crippen molar-refractivity contribution < 1.29 is 4.74 Å². The van der Waals surface area contributed by atoms with Crippen LogP contribution in [-0.4, -0.2) is 19.3 Å². The maximum atomic E-state index is 6.67. The number of unbranched alkanes of at least 4 members (excludes halogenated alkanes) is 1. The van der Waals surface area contributed by atoms with E-state index in [4.69, 9.17) is 14.8 Å². The second kappa shape index (κ2) is 14.8. The van der Waals surface area contributed by atoms with Gasteiger partial charge in [0.05, 0.1) is 28.1 Å². The van der Waals surface area contributed by atoms with Gasteiger partial charge in [-0.1, -0.05) is 104 Å². The van der Waals surface area contributed by atoms with Crippen LogP contribution in [0.3, 0.4) is 0 Å². The zero-order chi connectivity index (χ0) is 36.4. The molecule has 0 aliphatic rings. The van der Waals surface area contributed by atoms with Crippen molar-refractivity contribution in [3.63, 3.8) is 0 Å². The Bertz CT molecular complexity index is 2320. The molecule has 3 aromatic heterocycles. The van der Waals surface area contributed by atoms with Gasteiger partial charge >= 0.3 is 0 Å². The molecule has 0 N–H and O–H groups in total. The predicted molar refractivity (Wildman–Crippen MR) is 217 cm³/mol. The van der Waals surface area contributed by atoms with Gasteiger partial charge in [0.2, 0.25) is 0 Å². The monoisotopic (exact) mass is 688 g/mol. The van der Waals surface area contributed by atoms with Crippen molar-refractivity contribution in [1.82, 2.24) is 19.3 Å². The molecule has 0 aliphatic carbocycles. The summed E-state index contributed by atoms with van der Waals surface area (Å²) >= 11 is 0. The first-order chi connectivity index (χ1) is 25.1. The molecule has 266 valence electrons. The number of aromatic nitrogens is 4. The largest absolute Gasteiger partial charge is 0.457 e. The lowest BCUT2D eigenvalue weighted by Crippen LogP contribution is -2.12. The normalized spacial score (nSPS) is 12.0. The minimum absolute atomic E-state index is 0.00483. The highest BCUT2D eigenvalue weighted by Gasteiger charge is 2.20. The van der Waals surface area contributed by atoms with E-state index in [1.807, 2.05) is 12.3 Å². The summed E-state index contributed by atoms with van der Waals surface area (Å²) in [6.45, 7) is 15.8. The fourth-order valence-electron chi connectivity index (χ4n) is 7.45. The Hall–Kier alpha value is -5.16. The minimum Gasteiger partial charge on any atom is -0.457 e. The van der Waals surface area contributed by atoms with E-state index in [-0.39, 0.29) is 5.41 Å². The van der Waals surface area contributed by atoms with Gasteiger partial charge in [-0.2, -0.15) is 5.10 Å². The van der Waals surface area contributed by atoms with Crippen molar-refractivity contribution in [3.8, 4) is 34.1 Å². The SMILES string of the molecule is CCc1nn(-c2cccc(Oc3ccc4c5cc(CCCCC(C)C)ccc5n(-c5cc(C(C)(C)C)ccn5)c4c3)c2)c(CC)c1-c1ccccc1. The number of hydrogen-bond acceptors (Lipinski definition) is 3. The predicted octanol–water partition coefficient (Wildman–Crippen LogP) is 12.6. The maximum absolute atomic E-state index is 6.67. The van der Waals surface area contributed by atoms with E-state index < -0.39 is 0 Å². The van der Waals surface area contributed by atoms with Crippen LogP contribution >= 0.6 is 0 Å². The first-order valence-corrected chi connectivity index (χ1v) is 19.1. The van der Waals surface area contributed by atoms with Gasteiger partial charge in [0.15, 0.2) is 0 Å². The molecular formula is C47H52N4O. The molecule has 0 amide bonds. The summed E-state index contributed by atoms with van der Waals surface area (Å²) in [6.07, 6.45) is 8.51. The lowest BCUT2D eigenvalue weighted by atomic mass is 9.88. The molecule has 0 spiro atoms. The van der Waals surface area contributed by atoms with E-state index in [1.165, 1.54) is 58.0 Å². The number of hydrogen-bond donors (Lipinski definition) is 0. The highest BCUT2D eigenvalue weighted by molar-refractivity contribution is 6.09. The van der Waals surface area contributed by atoms with Crippen LogP contribution < -0.4 is 4.74 Å². The summed E-state index contributed by atoms with van der Waals surface area (Å²) in [5.74, 6) is 3.22. The van der Waals surface area contributed by atoms with Crippen LogP contribution in [-0.2, 0) is 24.7 Å². The zero-order valence-electron chi connectivity index (χ0n) is 31.9. The third-order valence-corrected chi connectivity index (χ3v) is 10.2. The van der Waals surface area contributed by atoms with Crippen molar-refractivity contribution >= 4 is 21.8 Å². The van der Waals surface area contributed by atoms with Crippen molar-refractivity contribution in [1.29, 1.82) is 0 Å². The van der Waals surface area contributed by atoms with Gasteiger partial charge < -0.3 is 4.74 Å². The van der Waals surface area contributed by atoms with E-state index in [1.54, 1.807) is 0 Å². The summed E-state index contributed by atoms with van der Waals surface area (Å²) in [6, 6.07) is 36.7. The zero-order valence-corrected chi connectivity index (χ0v) is 31.9. The molecule has 0 saturated carbocycles. The van der Waals surface area contributed by atoms with Crippen LogP contribution in [0.25, 0.3) is 44.4 Å². The van der Waals surface area contributed by atoms with E-state index in [2.05, 4.69) is 155 Å². The Morgan fingerprint density at radius 3 is 2.29 bits per heavy atom. The molecule has 0 fully saturated rings. The summed E-state index contributed by atoms with van der Waals surface area (Å²) < 4.78 is 11.1. The van der Waals surface area contributed by atoms with Crippen LogP contribution in [0.2, 0.25) is 0 Å². The number of benzene rings is 4. The average Bonchev–Trinajstić information content (AvgIpc) is 3.68. The first kappa shape index (κ1) is 35.3. The number of nitrogens with zero attached hydrogens (tertiary/aromatic N) is 4. The minimum atomic E-state index is 0.00483. The standard InChI is InChI=1S/C47H52N4O/c1-8-41-46(34-18-11-10-12-19-34)42(9-2)51(49-41)36-20-15-21-37(30-36)52-38-23-24-39-40-28-33(17-14-13-16-32(3)4)22-25-43(40)50(44(39)31-38)45-29-35(26-27-48-45)47(5,6)7/h10-12,15,18-32H,8-9,13-14,16-17H2,1-7H3. The second-order valence-corrected chi connectivity index (χ2v) is 15.5. The topological polar surface area (TPSA) is 44.9 Å². The molecule has 7 aromatic rings. The van der Waals surface area contributed by atoms with E-state index in [0.717, 1.165) is 64.9 Å². The van der Waals surface area contributed by atoms with E-state index >= 15 is 0 Å². The number of pyridine rings is 1. The molecular weight excluding hydrogens is 637 g/mol. The molecule has 0 bridgehead atoms. The molecule has 0 aliphatic heterocycles. The molecule has 5 nitrogen and oxygen atoms in total. The molecule has 0 atom stereocenters. The Morgan fingerprint density at radius 1 is 0.731 bits per heavy atom. The van der Waals surface area contributed by atoms with Crippen LogP contribution in [0.1, 0.15) is 90.2 Å². The third kappa shape index (κ3) is 7.14. The quantitative estimate of drug-likeness (QED) is 0.120. The number of ether oxygens (including phenoxy) is 1. The molecule has 0 saturated heterocycles. The molecule has 5 heteroatoms. The van der Waals surface area contributed by atoms with Gasteiger partial charge in [-0.3, -0.25) is 4.57 Å². The Balaban J connectivity index is 1.28. The average molecular weight is 689 g/mol. The van der Waals surface area contributed by atoms with Crippen LogP contribution in [0.5, 0.6) is 11.5 Å². The number of fused-ring (bicyclic) bond motifs is 3. The van der Waals surface area contributed by atoms with Crippen LogP contribution in [0.15, 0.2) is 109 Å². The molecule has 4 aromatic carbocycles. The number of aryl methyl sites for hydroxylation is 2. The maximum Gasteiger partial charge on any atom is 0.137 e. The van der Waals surface area contributed by atoms with Gasteiger partial charge in [0.25, 0.3) is 0 Å². The Kier molecular flexibility index (Phi) is 10.1. The summed E-state index contributed by atoms with van der Waals surface area (Å²) in [4.78, 5) is 4.92. The van der Waals surface area contributed by atoms with Crippen LogP contribution in [0.4, 0.5) is 0 Å². The van der Waals surface area contributed by atoms with E-state index in [9.17, 15) is 0 Å². The second-order valence-electron chi connectivity index (χ2n) is 15.5. The third-order valence-electron chi connectivity index (χ3n) is 10.2. The smallest absolute Gasteiger partial charge is 0.137 e. The molecule has 3 heterocycles. The number of rotatable bonds is 12. The van der Waals surface area contributed by atoms with E-state index in [0.29, 0.717) is 0 Å². The highest BCUT2D eigenvalue weighted by Crippen LogP contribution is 2.37. The van der Waals surface area contributed by atoms with Crippen molar-refractivity contribution in [2.24, 2.45) is 5.92 Å². The van der Waals surface area contributed by atoms with Crippen LogP contribution in [0, 0.1) is 5.92 Å². The van der Waals surface area contributed by atoms with Crippen molar-refractivity contribution in [2.75, 3.05) is 0 Å². The molecule has 7 rings (SSSR count). The Morgan fingerprint density at radius 2 is 1.54 bits per heavy atom. The van der Waals surface area contributed by atoms with Gasteiger partial charge in [-0.05, 0) is 102 Å². The van der Waals surface area contributed by atoms with Gasteiger partial charge in [-0.15, -0.1) is 0 Å². The first-order valence-electron chi connectivity index (χ1n) is 19.1. The van der Waals surface area contributed by atoms with Gasteiger partial charge in [-0.25, -0.2) is 9.67 Å². The van der Waals surface area contributed by atoms with Crippen molar-refractivity contribution in [3.05, 3.63) is 132 Å². The molecule has 52 heavy (non-hydrogen) atoms. The van der Waals surface area contributed by atoms with Gasteiger partial charge in [0.1, 0.15) is 17.3 Å². The fraction of sp³-hybridized carbons (Fsp3) is 0.319. The van der Waals surface area contributed by atoms with Crippen molar-refractivity contribution in [2.45, 2.75) is 92.4 Å². The Labute approximate surface area is 309 Å². The highest BCUT2D eigenvalue weighted by atomic mass is 16.5. The summed E-state index contributed by atoms with van der Waals surface area (Å²) in [5.41, 5.74) is 10.6. The fourth-order valence-corrected chi connectivity index (χ4v) is 7.45. The lowest BCUT2D eigenvalue weighted by Gasteiger charge is -2.20.